The first-order valence-electron chi connectivity index (χ1n) is 9.57. The van der Waals surface area contributed by atoms with E-state index in [0.717, 1.165) is 11.3 Å². The Hall–Kier alpha value is -3.06. The number of ether oxygens (including phenoxy) is 2. The molecule has 0 saturated heterocycles. The van der Waals surface area contributed by atoms with Crippen molar-refractivity contribution in [2.45, 2.75) is 26.8 Å². The van der Waals surface area contributed by atoms with Crippen LogP contribution in [0.5, 0.6) is 11.5 Å². The number of benzene rings is 2. The van der Waals surface area contributed by atoms with E-state index in [4.69, 9.17) is 21.7 Å². The Kier molecular flexibility index (Phi) is 6.72. The molecule has 7 heteroatoms. The number of rotatable bonds is 7. The maximum atomic E-state index is 13.1. The summed E-state index contributed by atoms with van der Waals surface area (Å²) in [5.41, 5.74) is 2.86. The molecule has 0 bridgehead atoms. The van der Waals surface area contributed by atoms with Crippen molar-refractivity contribution in [2.75, 3.05) is 18.5 Å². The molecule has 6 nitrogen and oxygen atoms in total. The number of hydrogen-bond acceptors (Lipinski definition) is 4. The predicted octanol–water partition coefficient (Wildman–Crippen LogP) is 3.92. The molecule has 0 aromatic heterocycles. The van der Waals surface area contributed by atoms with Crippen LogP contribution < -0.4 is 25.4 Å². The molecule has 1 amide bonds. The van der Waals surface area contributed by atoms with Crippen LogP contribution in [0, 0.1) is 0 Å². The van der Waals surface area contributed by atoms with Crippen LogP contribution in [0.3, 0.4) is 0 Å². The molecule has 0 spiro atoms. The molecule has 1 aliphatic heterocycles. The largest absolute Gasteiger partial charge is 0.490 e. The Bertz CT molecular complexity index is 928. The maximum absolute atomic E-state index is 13.1. The highest BCUT2D eigenvalue weighted by Gasteiger charge is 2.30. The van der Waals surface area contributed by atoms with E-state index in [1.165, 1.54) is 0 Å². The number of carbonyl (C=O) groups is 1. The van der Waals surface area contributed by atoms with Gasteiger partial charge in [-0.15, -0.1) is 0 Å². The number of allylic oxidation sites excluding steroid dienone is 1. The van der Waals surface area contributed by atoms with Crippen molar-refractivity contribution in [2.24, 2.45) is 0 Å². The van der Waals surface area contributed by atoms with Gasteiger partial charge in [-0.05, 0) is 62.8 Å². The summed E-state index contributed by atoms with van der Waals surface area (Å²) in [6.07, 6.45) is 0. The Labute approximate surface area is 176 Å². The quantitative estimate of drug-likeness (QED) is 0.600. The first-order valence-corrected chi connectivity index (χ1v) is 9.98. The lowest BCUT2D eigenvalue weighted by molar-refractivity contribution is -0.113. The highest BCUT2D eigenvalue weighted by Crippen LogP contribution is 2.34. The van der Waals surface area contributed by atoms with Gasteiger partial charge in [0, 0.05) is 11.4 Å². The first kappa shape index (κ1) is 20.7. The molecule has 0 radical (unpaired) electrons. The number of anilines is 1. The second-order valence-corrected chi connectivity index (χ2v) is 6.87. The molecule has 1 aliphatic rings. The zero-order valence-corrected chi connectivity index (χ0v) is 17.6. The van der Waals surface area contributed by atoms with Crippen molar-refractivity contribution in [3.63, 3.8) is 0 Å². The van der Waals surface area contributed by atoms with Crippen LogP contribution in [0.4, 0.5) is 5.69 Å². The van der Waals surface area contributed by atoms with Gasteiger partial charge in [0.05, 0.1) is 24.8 Å². The second kappa shape index (κ2) is 9.43. The highest BCUT2D eigenvalue weighted by molar-refractivity contribution is 7.80. The molecule has 1 heterocycles. The van der Waals surface area contributed by atoms with E-state index < -0.39 is 6.04 Å². The summed E-state index contributed by atoms with van der Waals surface area (Å²) >= 11 is 5.34. The number of nitrogens with one attached hydrogen (secondary N) is 3. The van der Waals surface area contributed by atoms with Gasteiger partial charge >= 0.3 is 0 Å². The third-order valence-corrected chi connectivity index (χ3v) is 4.67. The summed E-state index contributed by atoms with van der Waals surface area (Å²) in [5.74, 6) is 1.11. The van der Waals surface area contributed by atoms with Crippen molar-refractivity contribution in [1.29, 1.82) is 0 Å². The summed E-state index contributed by atoms with van der Waals surface area (Å²) in [5, 5.41) is 9.68. The van der Waals surface area contributed by atoms with Crippen LogP contribution >= 0.6 is 12.2 Å². The summed E-state index contributed by atoms with van der Waals surface area (Å²) in [6.45, 7) is 6.74. The van der Waals surface area contributed by atoms with Crippen LogP contribution in [0.15, 0.2) is 59.8 Å². The van der Waals surface area contributed by atoms with E-state index in [9.17, 15) is 4.79 Å². The fourth-order valence-electron chi connectivity index (χ4n) is 3.21. The monoisotopic (exact) mass is 411 g/mol. The van der Waals surface area contributed by atoms with Crippen LogP contribution in [0.1, 0.15) is 32.4 Å². The fourth-order valence-corrected chi connectivity index (χ4v) is 3.48. The highest BCUT2D eigenvalue weighted by atomic mass is 32.1. The summed E-state index contributed by atoms with van der Waals surface area (Å²) in [4.78, 5) is 13.1. The van der Waals surface area contributed by atoms with E-state index in [0.29, 0.717) is 41.1 Å². The molecule has 152 valence electrons. The van der Waals surface area contributed by atoms with E-state index in [2.05, 4.69) is 16.0 Å². The molecular formula is C22H25N3O3S. The van der Waals surface area contributed by atoms with Crippen LogP contribution in [-0.4, -0.2) is 24.2 Å². The molecule has 29 heavy (non-hydrogen) atoms. The Morgan fingerprint density at radius 2 is 1.76 bits per heavy atom. The van der Waals surface area contributed by atoms with Gasteiger partial charge < -0.3 is 25.4 Å². The SMILES string of the molecule is CCOc1ccc([C@@H]2NC(=S)NC(C)=C2C(=O)Nc2ccccc2)cc1OCC. The molecule has 0 fully saturated rings. The zero-order valence-electron chi connectivity index (χ0n) is 16.7. The van der Waals surface area contributed by atoms with Gasteiger partial charge in [-0.3, -0.25) is 4.79 Å². The average molecular weight is 412 g/mol. The molecule has 2 aromatic rings. The van der Waals surface area contributed by atoms with E-state index in [1.54, 1.807) is 0 Å². The van der Waals surface area contributed by atoms with E-state index in [1.807, 2.05) is 69.3 Å². The first-order chi connectivity index (χ1) is 14.0. The molecule has 0 saturated carbocycles. The second-order valence-electron chi connectivity index (χ2n) is 6.46. The lowest BCUT2D eigenvalue weighted by Crippen LogP contribution is -2.45. The smallest absolute Gasteiger partial charge is 0.255 e. The molecule has 2 aromatic carbocycles. The Morgan fingerprint density at radius 3 is 2.45 bits per heavy atom. The van der Waals surface area contributed by atoms with Crippen LogP contribution in [0.2, 0.25) is 0 Å². The standard InChI is InChI=1S/C22H25N3O3S/c1-4-27-17-12-11-15(13-18(17)28-5-2)20-19(14(3)23-22(29)25-20)21(26)24-16-9-7-6-8-10-16/h6-13,20H,4-5H2,1-3H3,(H,24,26)(H2,23,25,29)/t20-/m0/s1. The van der Waals surface area contributed by atoms with Gasteiger partial charge in [0.15, 0.2) is 16.6 Å². The fraction of sp³-hybridized carbons (Fsp3) is 0.273. The van der Waals surface area contributed by atoms with Crippen molar-refractivity contribution in [1.82, 2.24) is 10.6 Å². The maximum Gasteiger partial charge on any atom is 0.255 e. The Morgan fingerprint density at radius 1 is 1.07 bits per heavy atom. The van der Waals surface area contributed by atoms with E-state index in [-0.39, 0.29) is 5.91 Å². The van der Waals surface area contributed by atoms with E-state index >= 15 is 0 Å². The molecule has 3 N–H and O–H groups in total. The Balaban J connectivity index is 1.97. The van der Waals surface area contributed by atoms with Crippen LogP contribution in [-0.2, 0) is 4.79 Å². The summed E-state index contributed by atoms with van der Waals surface area (Å²) in [6, 6.07) is 14.6. The topological polar surface area (TPSA) is 71.6 Å². The van der Waals surface area contributed by atoms with Gasteiger partial charge in [0.2, 0.25) is 0 Å². The lowest BCUT2D eigenvalue weighted by atomic mass is 9.94. The molecular weight excluding hydrogens is 386 g/mol. The van der Waals surface area contributed by atoms with Gasteiger partial charge in [-0.1, -0.05) is 24.3 Å². The number of amides is 1. The molecule has 3 rings (SSSR count). The van der Waals surface area contributed by atoms with Gasteiger partial charge in [0.1, 0.15) is 0 Å². The summed E-state index contributed by atoms with van der Waals surface area (Å²) < 4.78 is 11.4. The summed E-state index contributed by atoms with van der Waals surface area (Å²) in [7, 11) is 0. The molecule has 1 atom stereocenters. The number of para-hydroxylation sites is 1. The number of hydrogen-bond donors (Lipinski definition) is 3. The predicted molar refractivity (Wildman–Crippen MR) is 118 cm³/mol. The zero-order chi connectivity index (χ0) is 20.8. The van der Waals surface area contributed by atoms with Gasteiger partial charge in [0.25, 0.3) is 5.91 Å². The normalized spacial score (nSPS) is 16.0. The molecule has 0 unspecified atom stereocenters. The van der Waals surface area contributed by atoms with Crippen LogP contribution in [0.25, 0.3) is 0 Å². The van der Waals surface area contributed by atoms with Crippen molar-refractivity contribution in [3.8, 4) is 11.5 Å². The number of thiocarbonyl (C=S) groups is 1. The van der Waals surface area contributed by atoms with Gasteiger partial charge in [-0.2, -0.15) is 0 Å². The third kappa shape index (κ3) is 4.86. The number of carbonyl (C=O) groups excluding carboxylic acids is 1. The van der Waals surface area contributed by atoms with Crippen molar-refractivity contribution >= 4 is 28.9 Å². The minimum absolute atomic E-state index is 0.201. The minimum atomic E-state index is -0.414. The molecule has 0 aliphatic carbocycles. The third-order valence-electron chi connectivity index (χ3n) is 4.45. The lowest BCUT2D eigenvalue weighted by Gasteiger charge is -2.30. The van der Waals surface area contributed by atoms with Crippen molar-refractivity contribution in [3.05, 3.63) is 65.4 Å². The van der Waals surface area contributed by atoms with Gasteiger partial charge in [-0.25, -0.2) is 0 Å². The minimum Gasteiger partial charge on any atom is -0.490 e. The average Bonchev–Trinajstić information content (AvgIpc) is 2.69. The van der Waals surface area contributed by atoms with Crippen molar-refractivity contribution < 1.29 is 14.3 Å².